The molecule has 0 saturated carbocycles. The second-order valence-corrected chi connectivity index (χ2v) is 13.8. The molecule has 0 saturated heterocycles. The molecule has 56 heavy (non-hydrogen) atoms. The van der Waals surface area contributed by atoms with Gasteiger partial charge in [0.1, 0.15) is 5.82 Å². The molecule has 0 aliphatic carbocycles. The van der Waals surface area contributed by atoms with Gasteiger partial charge < -0.3 is 4.57 Å². The molecule has 4 nitrogen and oxygen atoms in total. The van der Waals surface area contributed by atoms with E-state index < -0.39 is 0 Å². The Kier molecular flexibility index (Phi) is 8.30. The quantitative estimate of drug-likeness (QED) is 0.165. The average molecular weight is 721 g/mol. The molecule has 0 aliphatic heterocycles. The van der Waals surface area contributed by atoms with Crippen molar-refractivity contribution in [2.24, 2.45) is 0 Å². The van der Waals surface area contributed by atoms with Crippen molar-refractivity contribution >= 4 is 21.8 Å². The molecule has 0 amide bonds. The van der Waals surface area contributed by atoms with Crippen LogP contribution in [-0.4, -0.2) is 19.5 Å². The minimum absolute atomic E-state index is 0.296. The van der Waals surface area contributed by atoms with E-state index in [9.17, 15) is 0 Å². The molecule has 0 spiro atoms. The van der Waals surface area contributed by atoms with Gasteiger partial charge in [-0.15, -0.1) is 0 Å². The first-order valence-electron chi connectivity index (χ1n) is 18.6. The molecule has 0 unspecified atom stereocenters. The third-order valence-electron chi connectivity index (χ3n) is 10.3. The Balaban J connectivity index is 1.28. The van der Waals surface area contributed by atoms with Crippen LogP contribution in [0.25, 0.3) is 95.0 Å². The van der Waals surface area contributed by atoms with Crippen molar-refractivity contribution in [3.05, 3.63) is 206 Å². The molecule has 0 bridgehead atoms. The number of hydrogen-bond donors (Lipinski definition) is 0. The molecule has 264 valence electrons. The van der Waals surface area contributed by atoms with E-state index in [0.29, 0.717) is 23.0 Å². The predicted octanol–water partition coefficient (Wildman–Crippen LogP) is 13.1. The van der Waals surface area contributed by atoms with E-state index in [1.807, 2.05) is 97.1 Å². The van der Waals surface area contributed by atoms with Crippen LogP contribution in [0.2, 0.25) is 0 Å². The van der Waals surface area contributed by atoms with Gasteiger partial charge in [-0.1, -0.05) is 158 Å². The highest BCUT2D eigenvalue weighted by Gasteiger charge is 2.22. The molecule has 2 aromatic heterocycles. The fourth-order valence-corrected chi connectivity index (χ4v) is 7.61. The summed E-state index contributed by atoms with van der Waals surface area (Å²) in [7, 11) is 0. The zero-order valence-corrected chi connectivity index (χ0v) is 30.2. The van der Waals surface area contributed by atoms with Crippen LogP contribution >= 0.6 is 0 Å². The lowest BCUT2D eigenvalue weighted by molar-refractivity contribution is 0.631. The van der Waals surface area contributed by atoms with E-state index in [-0.39, 0.29) is 5.82 Å². The molecule has 2 heterocycles. The summed E-state index contributed by atoms with van der Waals surface area (Å²) in [5.41, 5.74) is 11.2. The molecule has 8 aromatic carbocycles. The third kappa shape index (κ3) is 6.02. The summed E-state index contributed by atoms with van der Waals surface area (Å²) in [6.45, 7) is 0. The number of benzene rings is 8. The predicted molar refractivity (Wildman–Crippen MR) is 227 cm³/mol. The van der Waals surface area contributed by atoms with Crippen molar-refractivity contribution in [1.29, 1.82) is 0 Å². The van der Waals surface area contributed by atoms with E-state index in [0.717, 1.165) is 72.0 Å². The number of rotatable bonds is 7. The number of nitrogens with zero attached hydrogens (tertiary/aromatic N) is 4. The Morgan fingerprint density at radius 1 is 0.321 bits per heavy atom. The topological polar surface area (TPSA) is 43.6 Å². The van der Waals surface area contributed by atoms with Crippen molar-refractivity contribution in [1.82, 2.24) is 19.5 Å². The molecule has 0 aliphatic rings. The van der Waals surface area contributed by atoms with Gasteiger partial charge in [0, 0.05) is 33.0 Å². The maximum Gasteiger partial charge on any atom is 0.166 e. The first-order chi connectivity index (χ1) is 27.7. The van der Waals surface area contributed by atoms with Gasteiger partial charge in [0.25, 0.3) is 0 Å². The summed E-state index contributed by atoms with van der Waals surface area (Å²) in [5.74, 6) is 1.30. The Bertz CT molecular complexity index is 2860. The van der Waals surface area contributed by atoms with Crippen molar-refractivity contribution < 1.29 is 4.39 Å². The smallest absolute Gasteiger partial charge is 0.166 e. The molecule has 0 atom stereocenters. The summed E-state index contributed by atoms with van der Waals surface area (Å²) >= 11 is 0. The van der Waals surface area contributed by atoms with Crippen LogP contribution in [0, 0.1) is 5.82 Å². The van der Waals surface area contributed by atoms with E-state index in [1.165, 1.54) is 6.07 Å². The molecule has 10 aromatic rings. The van der Waals surface area contributed by atoms with E-state index in [2.05, 4.69) is 95.6 Å². The maximum atomic E-state index is 15.5. The maximum absolute atomic E-state index is 15.5. The summed E-state index contributed by atoms with van der Waals surface area (Å²) in [4.78, 5) is 15.3. The van der Waals surface area contributed by atoms with Gasteiger partial charge in [0.15, 0.2) is 17.5 Å². The monoisotopic (exact) mass is 720 g/mol. The van der Waals surface area contributed by atoms with Crippen LogP contribution in [0.15, 0.2) is 200 Å². The Morgan fingerprint density at radius 2 is 0.750 bits per heavy atom. The highest BCUT2D eigenvalue weighted by Crippen LogP contribution is 2.41. The van der Waals surface area contributed by atoms with E-state index in [1.54, 1.807) is 6.07 Å². The third-order valence-corrected chi connectivity index (χ3v) is 10.3. The van der Waals surface area contributed by atoms with Gasteiger partial charge in [-0.25, -0.2) is 19.3 Å². The van der Waals surface area contributed by atoms with Gasteiger partial charge in [0.05, 0.1) is 16.7 Å². The van der Waals surface area contributed by atoms with Crippen LogP contribution in [0.5, 0.6) is 0 Å². The zero-order valence-electron chi connectivity index (χ0n) is 30.2. The van der Waals surface area contributed by atoms with Crippen LogP contribution in [0.4, 0.5) is 4.39 Å². The molecule has 0 radical (unpaired) electrons. The SMILES string of the molecule is Fc1ccccc1-c1ccc(-n2c3ccc(-c4ccccc4)cc3c3cc(-c4ccccc4)ccc32)c(-c2nc(-c3ccccc3)nc(-c3ccccc3)n2)c1. The van der Waals surface area contributed by atoms with Gasteiger partial charge in [-0.3, -0.25) is 0 Å². The normalized spacial score (nSPS) is 11.3. The summed E-state index contributed by atoms with van der Waals surface area (Å²) in [6, 6.07) is 67.2. The fourth-order valence-electron chi connectivity index (χ4n) is 7.61. The first kappa shape index (κ1) is 33.1. The average Bonchev–Trinajstić information content (AvgIpc) is 3.60. The molecule has 0 fully saturated rings. The molecule has 5 heteroatoms. The molecule has 10 rings (SSSR count). The molecule has 0 N–H and O–H groups in total. The fraction of sp³-hybridized carbons (Fsp3) is 0. The molecular formula is C51H33FN4. The minimum atomic E-state index is -0.296. The number of halogens is 1. The van der Waals surface area contributed by atoms with Crippen molar-refractivity contribution in [2.75, 3.05) is 0 Å². The zero-order chi connectivity index (χ0) is 37.4. The van der Waals surface area contributed by atoms with Crippen LogP contribution in [0.1, 0.15) is 0 Å². The van der Waals surface area contributed by atoms with Gasteiger partial charge in [-0.05, 0) is 70.3 Å². The number of hydrogen-bond acceptors (Lipinski definition) is 3. The number of aromatic nitrogens is 4. The lowest BCUT2D eigenvalue weighted by Crippen LogP contribution is -2.04. The lowest BCUT2D eigenvalue weighted by Gasteiger charge is -2.17. The van der Waals surface area contributed by atoms with Gasteiger partial charge >= 0.3 is 0 Å². The second-order valence-electron chi connectivity index (χ2n) is 13.8. The number of fused-ring (bicyclic) bond motifs is 3. The van der Waals surface area contributed by atoms with Crippen molar-refractivity contribution in [2.45, 2.75) is 0 Å². The van der Waals surface area contributed by atoms with E-state index in [4.69, 9.17) is 15.0 Å². The Hall–Kier alpha value is -7.50. The largest absolute Gasteiger partial charge is 0.308 e. The van der Waals surface area contributed by atoms with Crippen LogP contribution in [-0.2, 0) is 0 Å². The minimum Gasteiger partial charge on any atom is -0.308 e. The van der Waals surface area contributed by atoms with Crippen LogP contribution < -0.4 is 0 Å². The highest BCUT2D eigenvalue weighted by molar-refractivity contribution is 6.12. The first-order valence-corrected chi connectivity index (χ1v) is 18.6. The standard InChI is InChI=1S/C51H33FN4/c52-45-24-14-13-23-41(45)40-27-30-48(44(33-40)51-54-49(36-19-9-3-10-20-36)53-50(55-51)37-21-11-4-12-22-37)56-46-28-25-38(34-15-5-1-6-16-34)31-42(46)43-32-39(26-29-47(43)56)35-17-7-2-8-18-35/h1-33H. The van der Waals surface area contributed by atoms with Crippen molar-refractivity contribution in [3.63, 3.8) is 0 Å². The van der Waals surface area contributed by atoms with E-state index >= 15 is 4.39 Å². The summed E-state index contributed by atoms with van der Waals surface area (Å²) in [6.07, 6.45) is 0. The highest BCUT2D eigenvalue weighted by atomic mass is 19.1. The molecular weight excluding hydrogens is 688 g/mol. The lowest BCUT2D eigenvalue weighted by atomic mass is 10.00. The Labute approximate surface area is 323 Å². The second kappa shape index (κ2) is 14.0. The van der Waals surface area contributed by atoms with Gasteiger partial charge in [0.2, 0.25) is 0 Å². The summed E-state index contributed by atoms with van der Waals surface area (Å²) < 4.78 is 17.8. The van der Waals surface area contributed by atoms with Crippen molar-refractivity contribution in [3.8, 4) is 73.2 Å². The van der Waals surface area contributed by atoms with Gasteiger partial charge in [-0.2, -0.15) is 0 Å². The Morgan fingerprint density at radius 3 is 1.25 bits per heavy atom. The van der Waals surface area contributed by atoms with Crippen LogP contribution in [0.3, 0.4) is 0 Å². The summed E-state index contributed by atoms with van der Waals surface area (Å²) in [5, 5.41) is 2.24.